The molecule has 1 aromatic heterocycles. The Kier molecular flexibility index (Phi) is 6.37. The lowest BCUT2D eigenvalue weighted by Gasteiger charge is -2.15. The Bertz CT molecular complexity index is 1120. The Hall–Kier alpha value is -2.98. The van der Waals surface area contributed by atoms with Gasteiger partial charge in [-0.2, -0.15) is 18.2 Å². The molecule has 0 unspecified atom stereocenters. The third-order valence-corrected chi connectivity index (χ3v) is 5.03. The van der Waals surface area contributed by atoms with Crippen LogP contribution in [-0.4, -0.2) is 21.2 Å². The number of carbonyl (C=O) groups is 1. The van der Waals surface area contributed by atoms with E-state index in [-0.39, 0.29) is 22.4 Å². The van der Waals surface area contributed by atoms with Crippen molar-refractivity contribution in [2.75, 3.05) is 16.8 Å². The molecule has 0 radical (unpaired) electrons. The number of alkyl halides is 3. The van der Waals surface area contributed by atoms with Crippen LogP contribution < -0.4 is 16.6 Å². The largest absolute Gasteiger partial charge is 0.416 e. The molecule has 3 aromatic rings. The minimum Gasteiger partial charge on any atom is -0.385 e. The van der Waals surface area contributed by atoms with E-state index >= 15 is 0 Å². The molecule has 6 nitrogen and oxygen atoms in total. The Morgan fingerprint density at radius 1 is 1.13 bits per heavy atom. The van der Waals surface area contributed by atoms with Crippen LogP contribution in [0.3, 0.4) is 0 Å². The maximum Gasteiger partial charge on any atom is 0.416 e. The van der Waals surface area contributed by atoms with Crippen LogP contribution in [0.25, 0.3) is 5.69 Å². The minimum absolute atomic E-state index is 0.128. The van der Waals surface area contributed by atoms with Crippen LogP contribution in [0.5, 0.6) is 0 Å². The van der Waals surface area contributed by atoms with Gasteiger partial charge in [-0.05, 0) is 48.5 Å². The molecule has 3 rings (SSSR count). The van der Waals surface area contributed by atoms with Crippen LogP contribution in [0.2, 0.25) is 5.02 Å². The number of amides is 1. The molecule has 1 heterocycles. The van der Waals surface area contributed by atoms with Crippen molar-refractivity contribution in [2.24, 2.45) is 0 Å². The topological polar surface area (TPSA) is 90.0 Å². The third-order valence-electron chi connectivity index (χ3n) is 3.84. The zero-order valence-electron chi connectivity index (χ0n) is 15.1. The van der Waals surface area contributed by atoms with E-state index in [0.717, 1.165) is 42.1 Å². The number of rotatable bonds is 5. The fourth-order valence-electron chi connectivity index (χ4n) is 2.49. The molecule has 1 amide bonds. The van der Waals surface area contributed by atoms with Crippen molar-refractivity contribution in [3.63, 3.8) is 0 Å². The van der Waals surface area contributed by atoms with Gasteiger partial charge in [0, 0.05) is 22.5 Å². The van der Waals surface area contributed by atoms with Crippen molar-refractivity contribution in [2.45, 2.75) is 11.3 Å². The molecule has 11 heteroatoms. The predicted molar refractivity (Wildman–Crippen MR) is 110 cm³/mol. The highest BCUT2D eigenvalue weighted by Gasteiger charge is 2.30. The third kappa shape index (κ3) is 5.33. The summed E-state index contributed by atoms with van der Waals surface area (Å²) < 4.78 is 39.3. The Morgan fingerprint density at radius 2 is 1.77 bits per heavy atom. The van der Waals surface area contributed by atoms with Crippen molar-refractivity contribution < 1.29 is 18.0 Å². The Labute approximate surface area is 177 Å². The summed E-state index contributed by atoms with van der Waals surface area (Å²) in [6.07, 6.45) is -4.46. The molecule has 0 aliphatic carbocycles. The zero-order valence-corrected chi connectivity index (χ0v) is 16.7. The summed E-state index contributed by atoms with van der Waals surface area (Å²) in [6, 6.07) is 11.9. The van der Waals surface area contributed by atoms with Crippen LogP contribution in [0.4, 0.5) is 24.7 Å². The van der Waals surface area contributed by atoms with Crippen LogP contribution in [0, 0.1) is 0 Å². The number of nitrogen functional groups attached to an aromatic ring is 1. The summed E-state index contributed by atoms with van der Waals surface area (Å²) in [5.41, 5.74) is 5.38. The van der Waals surface area contributed by atoms with Crippen molar-refractivity contribution in [3.8, 4) is 5.69 Å². The number of aromatic nitrogens is 2. The molecule has 0 spiro atoms. The molecule has 0 fully saturated rings. The molecule has 0 saturated heterocycles. The average molecular weight is 455 g/mol. The highest BCUT2D eigenvalue weighted by atomic mass is 35.5. The molecule has 3 N–H and O–H groups in total. The SMILES string of the molecule is Nc1cc(=O)nc(SCC(=O)Nc2ccc(C(F)(F)F)cc2)n1-c1ccc(Cl)cc1. The minimum atomic E-state index is -4.46. The van der Waals surface area contributed by atoms with E-state index < -0.39 is 23.2 Å². The molecule has 2 aromatic carbocycles. The summed E-state index contributed by atoms with van der Waals surface area (Å²) in [5, 5.41) is 3.19. The molecule has 0 aliphatic rings. The average Bonchev–Trinajstić information content (AvgIpc) is 2.67. The first-order chi connectivity index (χ1) is 14.1. The summed E-state index contributed by atoms with van der Waals surface area (Å²) in [5.74, 6) is -0.508. The molecule has 0 atom stereocenters. The second kappa shape index (κ2) is 8.80. The smallest absolute Gasteiger partial charge is 0.385 e. The summed E-state index contributed by atoms with van der Waals surface area (Å²) >= 11 is 6.85. The summed E-state index contributed by atoms with van der Waals surface area (Å²) in [7, 11) is 0. The molecular weight excluding hydrogens is 441 g/mol. The van der Waals surface area contributed by atoms with E-state index in [1.807, 2.05) is 0 Å². The fourth-order valence-corrected chi connectivity index (χ4v) is 3.45. The number of nitrogens with zero attached hydrogens (tertiary/aromatic N) is 2. The van der Waals surface area contributed by atoms with Gasteiger partial charge >= 0.3 is 6.18 Å². The van der Waals surface area contributed by atoms with Crippen LogP contribution in [-0.2, 0) is 11.0 Å². The first kappa shape index (κ1) is 21.7. The van der Waals surface area contributed by atoms with Gasteiger partial charge in [0.25, 0.3) is 5.56 Å². The van der Waals surface area contributed by atoms with Gasteiger partial charge in [-0.25, -0.2) is 0 Å². The number of hydrogen-bond donors (Lipinski definition) is 2. The van der Waals surface area contributed by atoms with E-state index in [4.69, 9.17) is 17.3 Å². The molecular formula is C19H14ClF3N4O2S. The maximum absolute atomic E-state index is 12.6. The van der Waals surface area contributed by atoms with Gasteiger partial charge in [-0.15, -0.1) is 0 Å². The van der Waals surface area contributed by atoms with Crippen molar-refractivity contribution >= 4 is 40.8 Å². The van der Waals surface area contributed by atoms with Gasteiger partial charge in [0.05, 0.1) is 11.3 Å². The van der Waals surface area contributed by atoms with Crippen LogP contribution in [0.15, 0.2) is 64.5 Å². The quantitative estimate of drug-likeness (QED) is 0.445. The van der Waals surface area contributed by atoms with Crippen molar-refractivity contribution in [1.29, 1.82) is 0 Å². The van der Waals surface area contributed by atoms with Crippen molar-refractivity contribution in [1.82, 2.24) is 9.55 Å². The van der Waals surface area contributed by atoms with Crippen molar-refractivity contribution in [3.05, 3.63) is 75.5 Å². The van der Waals surface area contributed by atoms with E-state index in [1.165, 1.54) is 4.57 Å². The molecule has 30 heavy (non-hydrogen) atoms. The maximum atomic E-state index is 12.6. The van der Waals surface area contributed by atoms with Gasteiger partial charge < -0.3 is 11.1 Å². The van der Waals surface area contributed by atoms with E-state index in [9.17, 15) is 22.8 Å². The van der Waals surface area contributed by atoms with Crippen LogP contribution >= 0.6 is 23.4 Å². The number of thioether (sulfide) groups is 1. The molecule has 0 saturated carbocycles. The van der Waals surface area contributed by atoms with E-state index in [0.29, 0.717) is 10.7 Å². The number of hydrogen-bond acceptors (Lipinski definition) is 5. The lowest BCUT2D eigenvalue weighted by atomic mass is 10.2. The monoisotopic (exact) mass is 454 g/mol. The molecule has 156 valence electrons. The number of carbonyl (C=O) groups excluding carboxylic acids is 1. The van der Waals surface area contributed by atoms with Gasteiger partial charge in [-0.3, -0.25) is 14.2 Å². The standard InChI is InChI=1S/C19H14ClF3N4O2S/c20-12-3-7-14(8-4-12)27-15(24)9-16(28)26-18(27)30-10-17(29)25-13-5-1-11(2-6-13)19(21,22)23/h1-9H,10,24H2,(H,25,29). The van der Waals surface area contributed by atoms with E-state index in [1.54, 1.807) is 24.3 Å². The lowest BCUT2D eigenvalue weighted by molar-refractivity contribution is -0.137. The summed E-state index contributed by atoms with van der Waals surface area (Å²) in [4.78, 5) is 27.9. The normalized spacial score (nSPS) is 11.3. The molecule has 0 aliphatic heterocycles. The number of anilines is 2. The van der Waals surface area contributed by atoms with Crippen LogP contribution in [0.1, 0.15) is 5.56 Å². The number of nitrogens with one attached hydrogen (secondary N) is 1. The van der Waals surface area contributed by atoms with E-state index in [2.05, 4.69) is 10.3 Å². The van der Waals surface area contributed by atoms with Gasteiger partial charge in [-0.1, -0.05) is 23.4 Å². The molecule has 0 bridgehead atoms. The number of nitrogens with two attached hydrogens (primary N) is 1. The number of halogens is 4. The second-order valence-corrected chi connectivity index (χ2v) is 7.40. The van der Waals surface area contributed by atoms with Gasteiger partial charge in [0.15, 0.2) is 5.16 Å². The zero-order chi connectivity index (χ0) is 21.9. The highest BCUT2D eigenvalue weighted by Crippen LogP contribution is 2.30. The number of benzene rings is 2. The highest BCUT2D eigenvalue weighted by molar-refractivity contribution is 7.99. The first-order valence-corrected chi connectivity index (χ1v) is 9.75. The van der Waals surface area contributed by atoms with Gasteiger partial charge in [0.2, 0.25) is 5.91 Å². The fraction of sp³-hybridized carbons (Fsp3) is 0.105. The second-order valence-electron chi connectivity index (χ2n) is 6.03. The first-order valence-electron chi connectivity index (χ1n) is 8.39. The van der Waals surface area contributed by atoms with Gasteiger partial charge in [0.1, 0.15) is 5.82 Å². The Morgan fingerprint density at radius 3 is 2.37 bits per heavy atom. The lowest BCUT2D eigenvalue weighted by Crippen LogP contribution is -2.19. The Balaban J connectivity index is 1.74. The summed E-state index contributed by atoms with van der Waals surface area (Å²) in [6.45, 7) is 0. The predicted octanol–water partition coefficient (Wildman–Crippen LogP) is 4.22.